The molecule has 0 radical (unpaired) electrons. The summed E-state index contributed by atoms with van der Waals surface area (Å²) in [6.07, 6.45) is 3.55. The van der Waals surface area contributed by atoms with Gasteiger partial charge in [-0.1, -0.05) is 69.7 Å². The summed E-state index contributed by atoms with van der Waals surface area (Å²) in [5.74, 6) is 0. The Kier molecular flexibility index (Phi) is 4.19. The lowest BCUT2D eigenvalue weighted by atomic mass is 9.71. The summed E-state index contributed by atoms with van der Waals surface area (Å²) in [7, 11) is 0. The maximum absolute atomic E-state index is 2.39. The van der Waals surface area contributed by atoms with Crippen LogP contribution in [0.15, 0.2) is 42.0 Å². The lowest BCUT2D eigenvalue weighted by Gasteiger charge is -2.34. The zero-order valence-electron chi connectivity index (χ0n) is 12.2. The van der Waals surface area contributed by atoms with Crippen LogP contribution < -0.4 is 0 Å². The number of rotatable bonds is 4. The summed E-state index contributed by atoms with van der Waals surface area (Å²) < 4.78 is 0. The minimum Gasteiger partial charge on any atom is -0.0802 e. The summed E-state index contributed by atoms with van der Waals surface area (Å²) in [6.45, 7) is 13.7. The Morgan fingerprint density at radius 1 is 1.00 bits per heavy atom. The first-order chi connectivity index (χ1) is 7.73. The zero-order chi connectivity index (χ0) is 13.1. The van der Waals surface area contributed by atoms with E-state index in [9.17, 15) is 0 Å². The van der Waals surface area contributed by atoms with Gasteiger partial charge in [0.05, 0.1) is 0 Å². The van der Waals surface area contributed by atoms with Crippen molar-refractivity contribution in [2.75, 3.05) is 0 Å². The first-order valence-electron chi connectivity index (χ1n) is 6.45. The number of hydrogen-bond donors (Lipinski definition) is 0. The van der Waals surface area contributed by atoms with Gasteiger partial charge in [-0.05, 0) is 36.7 Å². The molecule has 0 fully saturated rings. The maximum Gasteiger partial charge on any atom is -0.00955 e. The molecule has 94 valence electrons. The SMILES string of the molecule is CC(C)=CC(C)(C)CC(C)(C)c1ccccc1. The highest BCUT2D eigenvalue weighted by molar-refractivity contribution is 5.24. The van der Waals surface area contributed by atoms with Crippen molar-refractivity contribution >= 4 is 0 Å². The van der Waals surface area contributed by atoms with Crippen molar-refractivity contribution < 1.29 is 0 Å². The van der Waals surface area contributed by atoms with E-state index in [4.69, 9.17) is 0 Å². The number of allylic oxidation sites excluding steroid dienone is 2. The van der Waals surface area contributed by atoms with E-state index < -0.39 is 0 Å². The fourth-order valence-electron chi connectivity index (χ4n) is 2.96. The predicted octanol–water partition coefficient (Wildman–Crippen LogP) is 5.35. The van der Waals surface area contributed by atoms with Gasteiger partial charge in [0.25, 0.3) is 0 Å². The molecule has 0 aromatic heterocycles. The molecule has 0 saturated carbocycles. The molecule has 0 aliphatic rings. The van der Waals surface area contributed by atoms with Crippen molar-refractivity contribution in [2.45, 2.75) is 53.4 Å². The average molecular weight is 230 g/mol. The van der Waals surface area contributed by atoms with Crippen LogP contribution in [0, 0.1) is 5.41 Å². The minimum atomic E-state index is 0.219. The molecule has 0 spiro atoms. The first kappa shape index (κ1) is 14.0. The second kappa shape index (κ2) is 5.08. The van der Waals surface area contributed by atoms with Crippen molar-refractivity contribution in [3.05, 3.63) is 47.5 Å². The van der Waals surface area contributed by atoms with Gasteiger partial charge in [-0.15, -0.1) is 0 Å². The Bertz CT molecular complexity index is 376. The Morgan fingerprint density at radius 3 is 2.00 bits per heavy atom. The van der Waals surface area contributed by atoms with Crippen LogP contribution in [0.4, 0.5) is 0 Å². The normalized spacial score (nSPS) is 12.4. The standard InChI is InChI=1S/C17H26/c1-14(2)12-16(3,4)13-17(5,6)15-10-8-7-9-11-15/h7-12H,13H2,1-6H3. The largest absolute Gasteiger partial charge is 0.0802 e. The van der Waals surface area contributed by atoms with Crippen LogP contribution in [0.3, 0.4) is 0 Å². The molecule has 1 aromatic rings. The molecule has 0 amide bonds. The first-order valence-corrected chi connectivity index (χ1v) is 6.45. The van der Waals surface area contributed by atoms with Gasteiger partial charge in [0.2, 0.25) is 0 Å². The van der Waals surface area contributed by atoms with Crippen LogP contribution in [0.1, 0.15) is 53.5 Å². The van der Waals surface area contributed by atoms with E-state index in [1.807, 2.05) is 0 Å². The number of benzene rings is 1. The lowest BCUT2D eigenvalue weighted by molar-refractivity contribution is 0.320. The molecule has 0 bridgehead atoms. The lowest BCUT2D eigenvalue weighted by Crippen LogP contribution is -2.25. The topological polar surface area (TPSA) is 0 Å². The van der Waals surface area contributed by atoms with E-state index in [-0.39, 0.29) is 10.8 Å². The second-order valence-electron chi connectivity index (χ2n) is 6.64. The van der Waals surface area contributed by atoms with Gasteiger partial charge in [-0.3, -0.25) is 0 Å². The van der Waals surface area contributed by atoms with Crippen LogP contribution in [0.2, 0.25) is 0 Å². The van der Waals surface area contributed by atoms with Crippen molar-refractivity contribution in [2.24, 2.45) is 5.41 Å². The third-order valence-corrected chi connectivity index (χ3v) is 3.13. The van der Waals surface area contributed by atoms with Gasteiger partial charge in [0.15, 0.2) is 0 Å². The molecule has 17 heavy (non-hydrogen) atoms. The summed E-state index contributed by atoms with van der Waals surface area (Å²) in [4.78, 5) is 0. The van der Waals surface area contributed by atoms with Crippen LogP contribution in [-0.2, 0) is 5.41 Å². The van der Waals surface area contributed by atoms with Crippen LogP contribution in [0.5, 0.6) is 0 Å². The Hall–Kier alpha value is -1.04. The van der Waals surface area contributed by atoms with Gasteiger partial charge >= 0.3 is 0 Å². The molecule has 0 atom stereocenters. The van der Waals surface area contributed by atoms with Gasteiger partial charge in [-0.2, -0.15) is 0 Å². The fourth-order valence-corrected chi connectivity index (χ4v) is 2.96. The van der Waals surface area contributed by atoms with E-state index in [0.717, 1.165) is 6.42 Å². The summed E-state index contributed by atoms with van der Waals surface area (Å²) in [5.41, 5.74) is 3.30. The smallest absolute Gasteiger partial charge is 0.00955 e. The summed E-state index contributed by atoms with van der Waals surface area (Å²) in [6, 6.07) is 10.8. The molecule has 0 heteroatoms. The van der Waals surface area contributed by atoms with Gasteiger partial charge in [0, 0.05) is 0 Å². The van der Waals surface area contributed by atoms with Crippen molar-refractivity contribution in [3.63, 3.8) is 0 Å². The molecular weight excluding hydrogens is 204 g/mol. The van der Waals surface area contributed by atoms with E-state index in [1.54, 1.807) is 0 Å². The molecule has 1 rings (SSSR count). The van der Waals surface area contributed by atoms with Crippen molar-refractivity contribution in [1.29, 1.82) is 0 Å². The van der Waals surface area contributed by atoms with Crippen LogP contribution >= 0.6 is 0 Å². The number of hydrogen-bond acceptors (Lipinski definition) is 0. The fraction of sp³-hybridized carbons (Fsp3) is 0.529. The molecule has 0 unspecified atom stereocenters. The zero-order valence-corrected chi connectivity index (χ0v) is 12.2. The third kappa shape index (κ3) is 4.38. The van der Waals surface area contributed by atoms with E-state index in [0.29, 0.717) is 0 Å². The van der Waals surface area contributed by atoms with E-state index in [1.165, 1.54) is 11.1 Å². The quantitative estimate of drug-likeness (QED) is 0.612. The van der Waals surface area contributed by atoms with Crippen molar-refractivity contribution in [1.82, 2.24) is 0 Å². The Balaban J connectivity index is 2.91. The molecule has 0 aliphatic carbocycles. The Labute approximate surface area is 107 Å². The highest BCUT2D eigenvalue weighted by Gasteiger charge is 2.28. The van der Waals surface area contributed by atoms with Crippen LogP contribution in [-0.4, -0.2) is 0 Å². The Morgan fingerprint density at radius 2 is 1.53 bits per heavy atom. The molecule has 0 saturated heterocycles. The predicted molar refractivity (Wildman–Crippen MR) is 77.3 cm³/mol. The highest BCUT2D eigenvalue weighted by atomic mass is 14.3. The molecule has 0 aliphatic heterocycles. The maximum atomic E-state index is 2.39. The van der Waals surface area contributed by atoms with E-state index in [2.05, 4.69) is 78.0 Å². The monoisotopic (exact) mass is 230 g/mol. The molecule has 0 nitrogen and oxygen atoms in total. The highest BCUT2D eigenvalue weighted by Crippen LogP contribution is 2.37. The minimum absolute atomic E-state index is 0.219. The average Bonchev–Trinajstić information content (AvgIpc) is 2.15. The summed E-state index contributed by atoms with van der Waals surface area (Å²) >= 11 is 0. The van der Waals surface area contributed by atoms with Gasteiger partial charge in [-0.25, -0.2) is 0 Å². The van der Waals surface area contributed by atoms with Crippen molar-refractivity contribution in [3.8, 4) is 0 Å². The van der Waals surface area contributed by atoms with Gasteiger partial charge < -0.3 is 0 Å². The van der Waals surface area contributed by atoms with E-state index >= 15 is 0 Å². The molecule has 0 heterocycles. The molecule has 1 aromatic carbocycles. The third-order valence-electron chi connectivity index (χ3n) is 3.13. The second-order valence-corrected chi connectivity index (χ2v) is 6.64. The summed E-state index contributed by atoms with van der Waals surface area (Å²) in [5, 5.41) is 0. The molecular formula is C17H26. The van der Waals surface area contributed by atoms with Gasteiger partial charge in [0.1, 0.15) is 0 Å². The van der Waals surface area contributed by atoms with Crippen LogP contribution in [0.25, 0.3) is 0 Å². The molecule has 0 N–H and O–H groups in total.